The van der Waals surface area contributed by atoms with Gasteiger partial charge < -0.3 is 10.1 Å². The fourth-order valence-corrected chi connectivity index (χ4v) is 2.78. The van der Waals surface area contributed by atoms with Gasteiger partial charge in [-0.25, -0.2) is 9.48 Å². The maximum Gasteiger partial charge on any atom is 0.343 e. The molecule has 0 aliphatic rings. The lowest BCUT2D eigenvalue weighted by molar-refractivity contribution is -0.385. The Hall–Kier alpha value is -4.01. The van der Waals surface area contributed by atoms with Gasteiger partial charge in [0.25, 0.3) is 5.69 Å². The fraction of sp³-hybridized carbons (Fsp3) is 0.150. The predicted molar refractivity (Wildman–Crippen MR) is 105 cm³/mol. The molecule has 0 spiro atoms. The molecule has 9 nitrogen and oxygen atoms in total. The van der Waals surface area contributed by atoms with Crippen LogP contribution in [0, 0.1) is 10.1 Å². The number of aromatic nitrogens is 2. The van der Waals surface area contributed by atoms with Crippen LogP contribution in [0.1, 0.15) is 22.8 Å². The molecule has 29 heavy (non-hydrogen) atoms. The van der Waals surface area contributed by atoms with Crippen LogP contribution in [0.15, 0.2) is 60.8 Å². The number of ether oxygens (including phenoxy) is 1. The van der Waals surface area contributed by atoms with Crippen molar-refractivity contribution < 1.29 is 19.2 Å². The zero-order chi connectivity index (χ0) is 20.8. The van der Waals surface area contributed by atoms with Gasteiger partial charge in [0, 0.05) is 11.6 Å². The number of nitro benzene ring substituents is 1. The van der Waals surface area contributed by atoms with E-state index in [-0.39, 0.29) is 35.7 Å². The highest BCUT2D eigenvalue weighted by Gasteiger charge is 2.23. The van der Waals surface area contributed by atoms with E-state index < -0.39 is 16.8 Å². The molecule has 3 rings (SSSR count). The number of hydrogen-bond donors (Lipinski definition) is 1. The number of nitro groups is 1. The van der Waals surface area contributed by atoms with E-state index in [0.717, 1.165) is 0 Å². The minimum atomic E-state index is -0.629. The lowest BCUT2D eigenvalue weighted by Crippen LogP contribution is -2.20. The molecule has 1 heterocycles. The number of amides is 1. The molecule has 0 atom stereocenters. The van der Waals surface area contributed by atoms with Crippen molar-refractivity contribution in [2.45, 2.75) is 13.3 Å². The van der Waals surface area contributed by atoms with E-state index in [4.69, 9.17) is 4.74 Å². The lowest BCUT2D eigenvalue weighted by Gasteiger charge is -2.11. The zero-order valence-electron chi connectivity index (χ0n) is 15.6. The standard InChI is InChI=1S/C20H18N4O5/c1-2-29-20(26)16-13-21-23(15-9-4-3-5-10-15)19(16)22-18(25)12-14-8-6-7-11-17(14)24(27)28/h3-11,13H,2,12H2,1H3,(H,22,25). The molecule has 0 bridgehead atoms. The number of esters is 1. The van der Waals surface area contributed by atoms with Crippen LogP contribution in [0.2, 0.25) is 0 Å². The molecule has 9 heteroatoms. The van der Waals surface area contributed by atoms with Crippen LogP contribution >= 0.6 is 0 Å². The van der Waals surface area contributed by atoms with Gasteiger partial charge in [0.2, 0.25) is 5.91 Å². The second-order valence-corrected chi connectivity index (χ2v) is 5.99. The smallest absolute Gasteiger partial charge is 0.343 e. The summed E-state index contributed by atoms with van der Waals surface area (Å²) in [7, 11) is 0. The number of anilines is 1. The number of hydrogen-bond acceptors (Lipinski definition) is 6. The maximum atomic E-state index is 12.6. The molecular weight excluding hydrogens is 376 g/mol. The Kier molecular flexibility index (Phi) is 5.98. The Balaban J connectivity index is 1.93. The van der Waals surface area contributed by atoms with Crippen LogP contribution in [0.25, 0.3) is 5.69 Å². The number of benzene rings is 2. The molecule has 0 radical (unpaired) electrons. The van der Waals surface area contributed by atoms with E-state index in [2.05, 4.69) is 10.4 Å². The van der Waals surface area contributed by atoms with E-state index in [9.17, 15) is 19.7 Å². The average molecular weight is 394 g/mol. The highest BCUT2D eigenvalue weighted by Crippen LogP contribution is 2.23. The summed E-state index contributed by atoms with van der Waals surface area (Å²) in [5.74, 6) is -1.02. The van der Waals surface area contributed by atoms with Gasteiger partial charge in [-0.15, -0.1) is 0 Å². The predicted octanol–water partition coefficient (Wildman–Crippen LogP) is 3.14. The summed E-state index contributed by atoms with van der Waals surface area (Å²) >= 11 is 0. The van der Waals surface area contributed by atoms with Crippen molar-refractivity contribution in [3.63, 3.8) is 0 Å². The summed E-state index contributed by atoms with van der Waals surface area (Å²) in [6.45, 7) is 1.84. The molecule has 0 saturated carbocycles. The number of carbonyl (C=O) groups excluding carboxylic acids is 2. The lowest BCUT2D eigenvalue weighted by atomic mass is 10.1. The molecular formula is C20H18N4O5. The van der Waals surface area contributed by atoms with E-state index in [1.54, 1.807) is 37.3 Å². The highest BCUT2D eigenvalue weighted by atomic mass is 16.6. The normalized spacial score (nSPS) is 10.4. The van der Waals surface area contributed by atoms with Crippen molar-refractivity contribution in [3.05, 3.63) is 82.0 Å². The zero-order valence-corrected chi connectivity index (χ0v) is 15.6. The summed E-state index contributed by atoms with van der Waals surface area (Å²) in [5.41, 5.74) is 0.832. The Morgan fingerprint density at radius 1 is 1.14 bits per heavy atom. The van der Waals surface area contributed by atoms with Crippen LogP contribution < -0.4 is 5.32 Å². The van der Waals surface area contributed by atoms with Crippen LogP contribution in [0.5, 0.6) is 0 Å². The van der Waals surface area contributed by atoms with E-state index >= 15 is 0 Å². The van der Waals surface area contributed by atoms with E-state index in [1.165, 1.54) is 29.1 Å². The van der Waals surface area contributed by atoms with Gasteiger partial charge in [-0.3, -0.25) is 14.9 Å². The molecule has 1 amide bonds. The molecule has 3 aromatic rings. The highest BCUT2D eigenvalue weighted by molar-refractivity contribution is 6.01. The molecule has 0 aliphatic heterocycles. The Bertz CT molecular complexity index is 1050. The number of nitrogens with zero attached hydrogens (tertiary/aromatic N) is 3. The first-order valence-corrected chi connectivity index (χ1v) is 8.84. The number of rotatable bonds is 7. The van der Waals surface area contributed by atoms with Crippen LogP contribution in [0.3, 0.4) is 0 Å². The number of para-hydroxylation sites is 2. The summed E-state index contributed by atoms with van der Waals surface area (Å²) in [6.07, 6.45) is 1.07. The van der Waals surface area contributed by atoms with Gasteiger partial charge in [-0.2, -0.15) is 5.10 Å². The van der Waals surface area contributed by atoms with Crippen LogP contribution in [-0.4, -0.2) is 33.2 Å². The summed E-state index contributed by atoms with van der Waals surface area (Å²) < 4.78 is 6.44. The van der Waals surface area contributed by atoms with Gasteiger partial charge in [-0.05, 0) is 19.1 Å². The largest absolute Gasteiger partial charge is 0.462 e. The summed E-state index contributed by atoms with van der Waals surface area (Å²) in [5, 5.41) is 18.0. The fourth-order valence-electron chi connectivity index (χ4n) is 2.78. The molecule has 148 valence electrons. The van der Waals surface area contributed by atoms with Gasteiger partial charge >= 0.3 is 5.97 Å². The number of nitrogens with one attached hydrogen (secondary N) is 1. The Labute approximate surface area is 166 Å². The SMILES string of the molecule is CCOC(=O)c1cnn(-c2ccccc2)c1NC(=O)Cc1ccccc1[N+](=O)[O-]. The van der Waals surface area contributed by atoms with Crippen molar-refractivity contribution in [2.75, 3.05) is 11.9 Å². The van der Waals surface area contributed by atoms with E-state index in [0.29, 0.717) is 5.69 Å². The van der Waals surface area contributed by atoms with Crippen molar-refractivity contribution in [1.29, 1.82) is 0 Å². The second-order valence-electron chi connectivity index (χ2n) is 5.99. The minimum absolute atomic E-state index is 0.0895. The van der Waals surface area contributed by atoms with Crippen molar-refractivity contribution in [3.8, 4) is 5.69 Å². The van der Waals surface area contributed by atoms with Gasteiger partial charge in [0.15, 0.2) is 5.82 Å². The number of carbonyl (C=O) groups is 2. The molecule has 0 unspecified atom stereocenters. The molecule has 0 aliphatic carbocycles. The third-order valence-corrected chi connectivity index (χ3v) is 4.06. The first-order valence-electron chi connectivity index (χ1n) is 8.84. The third-order valence-electron chi connectivity index (χ3n) is 4.06. The first-order chi connectivity index (χ1) is 14.0. The molecule has 2 aromatic carbocycles. The van der Waals surface area contributed by atoms with Crippen LogP contribution in [0.4, 0.5) is 11.5 Å². The summed E-state index contributed by atoms with van der Waals surface area (Å²) in [6, 6.07) is 14.9. The maximum absolute atomic E-state index is 12.6. The van der Waals surface area contributed by atoms with Crippen molar-refractivity contribution in [1.82, 2.24) is 9.78 Å². The van der Waals surface area contributed by atoms with Crippen molar-refractivity contribution in [2.24, 2.45) is 0 Å². The molecule has 0 saturated heterocycles. The van der Waals surface area contributed by atoms with E-state index in [1.807, 2.05) is 6.07 Å². The topological polar surface area (TPSA) is 116 Å². The van der Waals surface area contributed by atoms with Gasteiger partial charge in [0.1, 0.15) is 5.56 Å². The monoisotopic (exact) mass is 394 g/mol. The first kappa shape index (κ1) is 19.7. The van der Waals surface area contributed by atoms with Gasteiger partial charge in [0.05, 0.1) is 29.8 Å². The third kappa shape index (κ3) is 4.46. The Morgan fingerprint density at radius 2 is 1.83 bits per heavy atom. The van der Waals surface area contributed by atoms with Crippen molar-refractivity contribution >= 4 is 23.4 Å². The molecule has 1 N–H and O–H groups in total. The average Bonchev–Trinajstić information content (AvgIpc) is 3.12. The second kappa shape index (κ2) is 8.79. The van der Waals surface area contributed by atoms with Gasteiger partial charge in [-0.1, -0.05) is 36.4 Å². The summed E-state index contributed by atoms with van der Waals surface area (Å²) in [4.78, 5) is 35.6. The minimum Gasteiger partial charge on any atom is -0.462 e. The quantitative estimate of drug-likeness (QED) is 0.374. The molecule has 0 fully saturated rings. The Morgan fingerprint density at radius 3 is 2.52 bits per heavy atom. The molecule has 1 aromatic heterocycles. The van der Waals surface area contributed by atoms with Crippen LogP contribution in [-0.2, 0) is 16.0 Å².